The zero-order valence-electron chi connectivity index (χ0n) is 17.1. The number of ether oxygens (including phenoxy) is 2. The van der Waals surface area contributed by atoms with E-state index in [1.807, 2.05) is 0 Å². The standard InChI is InChI=1S/C18H30B2N5O4/c1-3-28-15(26)10(2)29-16(27)13-9-12-8-11(4-5-14(21)24-25-22)6-7-17(12)18(19,20-17)23-13/h10-13,23,25H,3-9,22H2,1-2H3,(H2,21,24). The third-order valence-corrected chi connectivity index (χ3v) is 6.63. The number of nitrogens with two attached hydrogens (primary N) is 2. The van der Waals surface area contributed by atoms with Crippen LogP contribution in [-0.4, -0.2) is 57.0 Å². The molecule has 6 unspecified atom stereocenters. The molecule has 6 N–H and O–H groups in total. The average molecular weight is 402 g/mol. The summed E-state index contributed by atoms with van der Waals surface area (Å²) in [5.41, 5.74) is 8.03. The fourth-order valence-corrected chi connectivity index (χ4v) is 5.07. The van der Waals surface area contributed by atoms with Gasteiger partial charge in [-0.15, -0.1) is 0 Å². The molecule has 1 aliphatic carbocycles. The maximum absolute atomic E-state index is 12.7. The van der Waals surface area contributed by atoms with Crippen molar-refractivity contribution in [1.82, 2.24) is 10.9 Å². The molecule has 11 heteroatoms. The summed E-state index contributed by atoms with van der Waals surface area (Å²) in [7, 11) is 8.68. The van der Waals surface area contributed by atoms with Crippen LogP contribution >= 0.6 is 0 Å². The van der Waals surface area contributed by atoms with Gasteiger partial charge in [-0.1, -0.05) is 18.2 Å². The van der Waals surface area contributed by atoms with E-state index in [0.29, 0.717) is 24.6 Å². The Bertz CT molecular complexity index is 681. The molecule has 0 aromatic heterocycles. The molecule has 6 atom stereocenters. The molecule has 2 aliphatic heterocycles. The van der Waals surface area contributed by atoms with Crippen LogP contribution in [-0.2, 0) is 19.1 Å². The van der Waals surface area contributed by atoms with Gasteiger partial charge in [-0.25, -0.2) is 16.2 Å². The lowest BCUT2D eigenvalue weighted by atomic mass is 9.60. The first-order chi connectivity index (χ1) is 13.7. The lowest BCUT2D eigenvalue weighted by Gasteiger charge is -2.47. The van der Waals surface area contributed by atoms with E-state index in [9.17, 15) is 9.59 Å². The SMILES string of the molecule is [B]C12[B]C13CCC(CC/C(N)=N/NN)CC3CC(C(=O)OC(C)C(=O)OCC)N2. The van der Waals surface area contributed by atoms with Crippen LogP contribution in [0.15, 0.2) is 5.10 Å². The Labute approximate surface area is 173 Å². The van der Waals surface area contributed by atoms with E-state index >= 15 is 0 Å². The Morgan fingerprint density at radius 2 is 2.21 bits per heavy atom. The second-order valence-electron chi connectivity index (χ2n) is 8.43. The van der Waals surface area contributed by atoms with E-state index in [2.05, 4.69) is 23.2 Å². The number of hydrazine groups is 1. The minimum Gasteiger partial charge on any atom is -0.463 e. The quantitative estimate of drug-likeness (QED) is 0.106. The van der Waals surface area contributed by atoms with Crippen LogP contribution in [0.4, 0.5) is 0 Å². The molecule has 3 radical (unpaired) electrons. The van der Waals surface area contributed by atoms with Gasteiger partial charge in [0, 0.05) is 6.42 Å². The molecule has 1 spiro atoms. The maximum atomic E-state index is 12.7. The molecule has 3 rings (SSSR count). The van der Waals surface area contributed by atoms with E-state index in [4.69, 9.17) is 28.9 Å². The number of esters is 2. The van der Waals surface area contributed by atoms with Gasteiger partial charge in [0.2, 0.25) is 0 Å². The molecular formula is C18H30B2N5O4. The van der Waals surface area contributed by atoms with Crippen LogP contribution in [0, 0.1) is 11.8 Å². The third-order valence-electron chi connectivity index (χ3n) is 6.63. The second-order valence-corrected chi connectivity index (χ2v) is 8.43. The van der Waals surface area contributed by atoms with Gasteiger partial charge in [0.25, 0.3) is 0 Å². The molecule has 0 aromatic rings. The largest absolute Gasteiger partial charge is 0.463 e. The van der Waals surface area contributed by atoms with Gasteiger partial charge in [-0.3, -0.25) is 4.79 Å². The highest BCUT2D eigenvalue weighted by molar-refractivity contribution is 6.72. The molecule has 2 heterocycles. The fraction of sp³-hybridized carbons (Fsp3) is 0.833. The lowest BCUT2D eigenvalue weighted by Crippen LogP contribution is -2.55. The van der Waals surface area contributed by atoms with Crippen LogP contribution in [0.5, 0.6) is 0 Å². The average Bonchev–Trinajstić information content (AvgIpc) is 3.29. The maximum Gasteiger partial charge on any atom is 0.347 e. The van der Waals surface area contributed by atoms with E-state index < -0.39 is 29.4 Å². The molecule has 9 nitrogen and oxygen atoms in total. The van der Waals surface area contributed by atoms with Crippen LogP contribution in [0.1, 0.15) is 52.4 Å². The Morgan fingerprint density at radius 3 is 2.90 bits per heavy atom. The highest BCUT2D eigenvalue weighted by atomic mass is 16.6. The van der Waals surface area contributed by atoms with E-state index in [-0.39, 0.29) is 17.8 Å². The number of nitrogens with one attached hydrogen (secondary N) is 2. The summed E-state index contributed by atoms with van der Waals surface area (Å²) < 4.78 is 10.2. The van der Waals surface area contributed by atoms with Gasteiger partial charge in [0.15, 0.2) is 6.10 Å². The predicted molar refractivity (Wildman–Crippen MR) is 110 cm³/mol. The summed E-state index contributed by atoms with van der Waals surface area (Å²) >= 11 is 0. The van der Waals surface area contributed by atoms with Crippen LogP contribution in [0.3, 0.4) is 0 Å². The van der Waals surface area contributed by atoms with Crippen LogP contribution in [0.25, 0.3) is 0 Å². The molecule has 29 heavy (non-hydrogen) atoms. The van der Waals surface area contributed by atoms with Crippen molar-refractivity contribution in [3.63, 3.8) is 0 Å². The number of piperidine rings is 1. The third kappa shape index (κ3) is 4.40. The lowest BCUT2D eigenvalue weighted by molar-refractivity contribution is -0.168. The Hall–Kier alpha value is -1.74. The van der Waals surface area contributed by atoms with Crippen LogP contribution in [0.2, 0.25) is 5.31 Å². The van der Waals surface area contributed by atoms with Crippen molar-refractivity contribution in [3.8, 4) is 0 Å². The topological polar surface area (TPSA) is 141 Å². The van der Waals surface area contributed by atoms with Crippen molar-refractivity contribution in [2.45, 2.75) is 75.2 Å². The zero-order chi connectivity index (χ0) is 21.2. The molecule has 157 valence electrons. The number of amidine groups is 1. The van der Waals surface area contributed by atoms with Crippen LogP contribution < -0.4 is 22.4 Å². The molecule has 0 bridgehead atoms. The van der Waals surface area contributed by atoms with Crippen molar-refractivity contribution in [1.29, 1.82) is 0 Å². The van der Waals surface area contributed by atoms with Crippen molar-refractivity contribution >= 4 is 32.9 Å². The number of nitrogens with zero attached hydrogens (tertiary/aromatic N) is 1. The summed E-state index contributed by atoms with van der Waals surface area (Å²) in [5, 5.41) is 6.33. The highest BCUT2D eigenvalue weighted by Gasteiger charge is 2.71. The summed E-state index contributed by atoms with van der Waals surface area (Å²) in [5.74, 6) is 5.41. The highest BCUT2D eigenvalue weighted by Crippen LogP contribution is 2.69. The first kappa shape index (κ1) is 22.0. The fourth-order valence-electron chi connectivity index (χ4n) is 5.07. The van der Waals surface area contributed by atoms with Crippen molar-refractivity contribution in [3.05, 3.63) is 0 Å². The molecule has 3 fully saturated rings. The van der Waals surface area contributed by atoms with Gasteiger partial charge in [0.1, 0.15) is 19.2 Å². The Morgan fingerprint density at radius 1 is 1.45 bits per heavy atom. The Balaban J connectivity index is 1.59. The number of rotatable bonds is 8. The van der Waals surface area contributed by atoms with E-state index in [1.165, 1.54) is 6.92 Å². The monoisotopic (exact) mass is 402 g/mol. The van der Waals surface area contributed by atoms with Gasteiger partial charge in [0.05, 0.1) is 14.5 Å². The molecule has 0 amide bonds. The molecule has 3 aliphatic rings. The number of carbonyl (C=O) groups is 2. The smallest absolute Gasteiger partial charge is 0.347 e. The number of hydrazone groups is 1. The molecule has 1 saturated carbocycles. The summed E-state index contributed by atoms with van der Waals surface area (Å²) in [6, 6.07) is -0.541. The summed E-state index contributed by atoms with van der Waals surface area (Å²) in [6.45, 7) is 3.47. The second kappa shape index (κ2) is 8.55. The minimum atomic E-state index is -0.939. The molecule has 2 saturated heterocycles. The first-order valence-corrected chi connectivity index (χ1v) is 10.3. The number of hydrogen-bond acceptors (Lipinski definition) is 8. The summed E-state index contributed by atoms with van der Waals surface area (Å²) in [4.78, 5) is 24.4. The normalized spacial score (nSPS) is 36.7. The summed E-state index contributed by atoms with van der Waals surface area (Å²) in [6.07, 6.45) is 4.30. The van der Waals surface area contributed by atoms with E-state index in [0.717, 1.165) is 25.7 Å². The first-order valence-electron chi connectivity index (χ1n) is 10.3. The number of carbonyl (C=O) groups excluding carboxylic acids is 2. The predicted octanol–water partition coefficient (Wildman–Crippen LogP) is -0.526. The van der Waals surface area contributed by atoms with Gasteiger partial charge in [-0.05, 0) is 50.3 Å². The minimum absolute atomic E-state index is 0.0640. The van der Waals surface area contributed by atoms with Gasteiger partial charge in [-0.2, -0.15) is 5.10 Å². The van der Waals surface area contributed by atoms with Crippen molar-refractivity contribution < 1.29 is 19.1 Å². The van der Waals surface area contributed by atoms with E-state index in [1.54, 1.807) is 6.92 Å². The van der Waals surface area contributed by atoms with Crippen molar-refractivity contribution in [2.75, 3.05) is 6.61 Å². The van der Waals surface area contributed by atoms with Gasteiger partial charge >= 0.3 is 11.9 Å². The molecular weight excluding hydrogens is 372 g/mol. The Kier molecular flexibility index (Phi) is 6.48. The van der Waals surface area contributed by atoms with Gasteiger partial charge < -0.3 is 20.5 Å². The zero-order valence-corrected chi connectivity index (χ0v) is 17.1. The van der Waals surface area contributed by atoms with Crippen molar-refractivity contribution in [2.24, 2.45) is 28.5 Å². The molecule has 0 aromatic carbocycles. The number of hydrogen-bond donors (Lipinski definition) is 4.